The minimum absolute atomic E-state index is 0.0811. The Morgan fingerprint density at radius 2 is 1.86 bits per heavy atom. The molecule has 1 aliphatic rings. The normalized spacial score (nSPS) is 15.2. The van der Waals surface area contributed by atoms with Crippen LogP contribution in [-0.4, -0.2) is 30.5 Å². The van der Waals surface area contributed by atoms with Gasteiger partial charge < -0.3 is 15.0 Å². The van der Waals surface area contributed by atoms with Crippen LogP contribution in [0.2, 0.25) is 0 Å². The fourth-order valence-corrected chi connectivity index (χ4v) is 5.36. The minimum Gasteiger partial charge on any atom is -0.495 e. The third kappa shape index (κ3) is 4.75. The van der Waals surface area contributed by atoms with Crippen LogP contribution in [0.5, 0.6) is 5.75 Å². The minimum atomic E-state index is -0.433. The predicted octanol–water partition coefficient (Wildman–Crippen LogP) is 6.09. The fourth-order valence-electron chi connectivity index (χ4n) is 4.44. The molecule has 4 aromatic rings. The highest BCUT2D eigenvalue weighted by Gasteiger charge is 2.36. The standard InChI is InChI=1S/C29H27N3O3S/c1-18-8-13-26(35-3)25(14-18)32-16-21(15-27(32)33)28(34)30-22-11-9-20(10-12-22)24-17-36-29(31-24)23-7-5-4-6-19(23)2/h4-14,17,21H,15-16H2,1-3H3,(H,30,34). The van der Waals surface area contributed by atoms with Crippen molar-refractivity contribution < 1.29 is 14.3 Å². The maximum Gasteiger partial charge on any atom is 0.229 e. The van der Waals surface area contributed by atoms with Crippen molar-refractivity contribution in [1.82, 2.24) is 4.98 Å². The molecule has 0 aliphatic carbocycles. The molecule has 0 radical (unpaired) electrons. The summed E-state index contributed by atoms with van der Waals surface area (Å²) in [5.74, 6) is -0.0565. The molecule has 1 fully saturated rings. The third-order valence-corrected chi connectivity index (χ3v) is 7.32. The van der Waals surface area contributed by atoms with E-state index in [0.717, 1.165) is 27.4 Å². The molecule has 0 bridgehead atoms. The summed E-state index contributed by atoms with van der Waals surface area (Å²) in [5.41, 5.74) is 6.64. The molecule has 36 heavy (non-hydrogen) atoms. The second-order valence-corrected chi connectivity index (χ2v) is 9.86. The number of hydrogen-bond acceptors (Lipinski definition) is 5. The summed E-state index contributed by atoms with van der Waals surface area (Å²) in [6.07, 6.45) is 0.168. The first-order chi connectivity index (χ1) is 17.4. The van der Waals surface area contributed by atoms with Crippen LogP contribution >= 0.6 is 11.3 Å². The van der Waals surface area contributed by atoms with E-state index in [9.17, 15) is 9.59 Å². The van der Waals surface area contributed by atoms with Gasteiger partial charge in [-0.3, -0.25) is 9.59 Å². The number of aryl methyl sites for hydroxylation is 2. The fraction of sp³-hybridized carbons (Fsp3) is 0.207. The molecule has 1 aromatic heterocycles. The molecule has 0 spiro atoms. The summed E-state index contributed by atoms with van der Waals surface area (Å²) < 4.78 is 5.43. The van der Waals surface area contributed by atoms with Crippen LogP contribution in [0.1, 0.15) is 17.5 Å². The van der Waals surface area contributed by atoms with Crippen molar-refractivity contribution in [2.24, 2.45) is 5.92 Å². The van der Waals surface area contributed by atoms with Crippen LogP contribution in [0.15, 0.2) is 72.1 Å². The maximum absolute atomic E-state index is 13.0. The summed E-state index contributed by atoms with van der Waals surface area (Å²) >= 11 is 1.62. The van der Waals surface area contributed by atoms with Gasteiger partial charge in [-0.15, -0.1) is 11.3 Å². The Labute approximate surface area is 214 Å². The average Bonchev–Trinajstić information content (AvgIpc) is 3.52. The quantitative estimate of drug-likeness (QED) is 0.350. The Bertz CT molecular complexity index is 1430. The number of nitrogens with zero attached hydrogens (tertiary/aromatic N) is 2. The number of thiazole rings is 1. The molecular weight excluding hydrogens is 470 g/mol. The van der Waals surface area contributed by atoms with E-state index in [1.54, 1.807) is 23.3 Å². The molecule has 2 heterocycles. The summed E-state index contributed by atoms with van der Waals surface area (Å²) in [6, 6.07) is 21.6. The number of ether oxygens (including phenoxy) is 1. The van der Waals surface area contributed by atoms with Crippen molar-refractivity contribution in [3.63, 3.8) is 0 Å². The number of hydrogen-bond donors (Lipinski definition) is 1. The number of nitrogens with one attached hydrogen (secondary N) is 1. The summed E-state index contributed by atoms with van der Waals surface area (Å²) in [7, 11) is 1.58. The highest BCUT2D eigenvalue weighted by Crippen LogP contribution is 2.35. The van der Waals surface area contributed by atoms with E-state index >= 15 is 0 Å². The van der Waals surface area contributed by atoms with Crippen molar-refractivity contribution in [2.45, 2.75) is 20.3 Å². The van der Waals surface area contributed by atoms with Gasteiger partial charge in [0.15, 0.2) is 0 Å². The van der Waals surface area contributed by atoms with Crippen LogP contribution in [0, 0.1) is 19.8 Å². The lowest BCUT2D eigenvalue weighted by Gasteiger charge is -2.20. The maximum atomic E-state index is 13.0. The Morgan fingerprint density at radius 3 is 2.61 bits per heavy atom. The molecule has 6 nitrogen and oxygen atoms in total. The summed E-state index contributed by atoms with van der Waals surface area (Å²) in [5, 5.41) is 6.00. The van der Waals surface area contributed by atoms with Gasteiger partial charge >= 0.3 is 0 Å². The van der Waals surface area contributed by atoms with Gasteiger partial charge in [0.2, 0.25) is 11.8 Å². The molecule has 0 saturated carbocycles. The number of carbonyl (C=O) groups excluding carboxylic acids is 2. The van der Waals surface area contributed by atoms with Crippen molar-refractivity contribution in [2.75, 3.05) is 23.9 Å². The number of aromatic nitrogens is 1. The second-order valence-electron chi connectivity index (χ2n) is 9.00. The highest BCUT2D eigenvalue weighted by atomic mass is 32.1. The van der Waals surface area contributed by atoms with E-state index in [0.29, 0.717) is 23.7 Å². The van der Waals surface area contributed by atoms with E-state index in [1.807, 2.05) is 66.9 Å². The van der Waals surface area contributed by atoms with Crippen molar-refractivity contribution >= 4 is 34.5 Å². The van der Waals surface area contributed by atoms with E-state index in [2.05, 4.69) is 24.4 Å². The summed E-state index contributed by atoms with van der Waals surface area (Å²) in [6.45, 7) is 4.37. The lowest BCUT2D eigenvalue weighted by Crippen LogP contribution is -2.28. The van der Waals surface area contributed by atoms with Gasteiger partial charge in [0.25, 0.3) is 0 Å². The number of carbonyl (C=O) groups is 2. The van der Waals surface area contributed by atoms with Crippen molar-refractivity contribution in [3.05, 3.63) is 83.2 Å². The Hall–Kier alpha value is -3.97. The van der Waals surface area contributed by atoms with E-state index in [4.69, 9.17) is 9.72 Å². The number of rotatable bonds is 6. The molecule has 7 heteroatoms. The van der Waals surface area contributed by atoms with Gasteiger partial charge in [-0.1, -0.05) is 42.5 Å². The second kappa shape index (κ2) is 9.95. The molecule has 5 rings (SSSR count). The number of amides is 2. The van der Waals surface area contributed by atoms with Crippen LogP contribution in [0.4, 0.5) is 11.4 Å². The average molecular weight is 498 g/mol. The van der Waals surface area contributed by atoms with Crippen LogP contribution < -0.4 is 15.0 Å². The topological polar surface area (TPSA) is 71.5 Å². The van der Waals surface area contributed by atoms with E-state index in [-0.39, 0.29) is 18.2 Å². The molecule has 1 unspecified atom stereocenters. The van der Waals surface area contributed by atoms with Crippen molar-refractivity contribution in [3.8, 4) is 27.6 Å². The monoisotopic (exact) mass is 497 g/mol. The zero-order valence-corrected chi connectivity index (χ0v) is 21.3. The molecule has 3 aromatic carbocycles. The lowest BCUT2D eigenvalue weighted by molar-refractivity contribution is -0.122. The van der Waals surface area contributed by atoms with Gasteiger partial charge in [-0.05, 0) is 49.2 Å². The number of anilines is 2. The van der Waals surface area contributed by atoms with Gasteiger partial charge in [-0.2, -0.15) is 0 Å². The Kier molecular flexibility index (Phi) is 6.57. The van der Waals surface area contributed by atoms with Gasteiger partial charge in [-0.25, -0.2) is 4.98 Å². The Morgan fingerprint density at radius 1 is 1.08 bits per heavy atom. The first kappa shape index (κ1) is 23.8. The number of methoxy groups -OCH3 is 1. The molecule has 1 saturated heterocycles. The molecule has 182 valence electrons. The molecule has 1 atom stereocenters. The van der Waals surface area contributed by atoms with Crippen LogP contribution in [0.3, 0.4) is 0 Å². The smallest absolute Gasteiger partial charge is 0.229 e. The van der Waals surface area contributed by atoms with E-state index in [1.165, 1.54) is 5.56 Å². The zero-order chi connectivity index (χ0) is 25.2. The molecular formula is C29H27N3O3S. The summed E-state index contributed by atoms with van der Waals surface area (Å²) in [4.78, 5) is 32.2. The van der Waals surface area contributed by atoms with Gasteiger partial charge in [0.05, 0.1) is 24.4 Å². The lowest BCUT2D eigenvalue weighted by atomic mass is 10.1. The zero-order valence-electron chi connectivity index (χ0n) is 20.4. The number of benzene rings is 3. The van der Waals surface area contributed by atoms with Crippen LogP contribution in [-0.2, 0) is 9.59 Å². The SMILES string of the molecule is COc1ccc(C)cc1N1CC(C(=O)Nc2ccc(-c3csc(-c4ccccc4C)n3)cc2)CC1=O. The highest BCUT2D eigenvalue weighted by molar-refractivity contribution is 7.13. The first-order valence-corrected chi connectivity index (χ1v) is 12.7. The largest absolute Gasteiger partial charge is 0.495 e. The first-order valence-electron chi connectivity index (χ1n) is 11.8. The third-order valence-electron chi connectivity index (χ3n) is 6.45. The molecule has 2 amide bonds. The van der Waals surface area contributed by atoms with Gasteiger partial charge in [0.1, 0.15) is 10.8 Å². The Balaban J connectivity index is 1.26. The van der Waals surface area contributed by atoms with Crippen LogP contribution in [0.25, 0.3) is 21.8 Å². The predicted molar refractivity (Wildman–Crippen MR) is 145 cm³/mol. The molecule has 1 aliphatic heterocycles. The van der Waals surface area contributed by atoms with E-state index < -0.39 is 5.92 Å². The molecule has 1 N–H and O–H groups in total. The van der Waals surface area contributed by atoms with Crippen molar-refractivity contribution in [1.29, 1.82) is 0 Å². The van der Waals surface area contributed by atoms with Gasteiger partial charge in [0, 0.05) is 35.2 Å².